The van der Waals surface area contributed by atoms with Crippen LogP contribution in [0.2, 0.25) is 0 Å². The van der Waals surface area contributed by atoms with Gasteiger partial charge in [0.15, 0.2) is 0 Å². The molecule has 2 N–H and O–H groups in total. The van der Waals surface area contributed by atoms with E-state index in [0.29, 0.717) is 0 Å². The Morgan fingerprint density at radius 3 is 2.67 bits per heavy atom. The molecule has 0 saturated carbocycles. The summed E-state index contributed by atoms with van der Waals surface area (Å²) in [5, 5.41) is 10.0. The van der Waals surface area contributed by atoms with Crippen molar-refractivity contribution in [3.8, 4) is 0 Å². The lowest BCUT2D eigenvalue weighted by Gasteiger charge is -2.16. The average Bonchev–Trinajstić information content (AvgIpc) is 2.98. The number of amides is 1. The number of anilines is 1. The average molecular weight is 368 g/mol. The molecule has 1 aromatic carbocycles. The largest absolute Gasteiger partial charge is 0.301 e. The Morgan fingerprint density at radius 1 is 1.29 bits per heavy atom. The molecular weight excluding hydrogens is 348 g/mol. The molecule has 0 aliphatic rings. The third kappa shape index (κ3) is 4.37. The van der Waals surface area contributed by atoms with Crippen molar-refractivity contribution >= 4 is 32.4 Å². The monoisotopic (exact) mass is 368 g/mol. The molecule has 0 aliphatic heterocycles. The molecule has 0 fully saturated rings. The summed E-state index contributed by atoms with van der Waals surface area (Å²) in [5.74, 6) is -0.244. The Balaban J connectivity index is 2.19. The van der Waals surface area contributed by atoms with Gasteiger partial charge in [0.05, 0.1) is 0 Å². The fourth-order valence-electron chi connectivity index (χ4n) is 2.15. The predicted molar refractivity (Wildman–Crippen MR) is 93.5 cm³/mol. The summed E-state index contributed by atoms with van der Waals surface area (Å²) in [7, 11) is -3.82. The lowest BCUT2D eigenvalue weighted by molar-refractivity contribution is -0.115. The van der Waals surface area contributed by atoms with E-state index < -0.39 is 16.1 Å². The number of aromatic nitrogens is 2. The van der Waals surface area contributed by atoms with Gasteiger partial charge in [-0.3, -0.25) is 4.79 Å². The van der Waals surface area contributed by atoms with Gasteiger partial charge in [-0.1, -0.05) is 42.0 Å². The van der Waals surface area contributed by atoms with Gasteiger partial charge in [0, 0.05) is 12.5 Å². The first kappa shape index (κ1) is 18.5. The van der Waals surface area contributed by atoms with Gasteiger partial charge in [0.25, 0.3) is 10.0 Å². The van der Waals surface area contributed by atoms with Crippen LogP contribution in [0.15, 0.2) is 22.5 Å². The lowest BCUT2D eigenvalue weighted by atomic mass is 10.0. The fraction of sp³-hybridized carbons (Fsp3) is 0.400. The maximum absolute atomic E-state index is 12.5. The lowest BCUT2D eigenvalue weighted by Crippen LogP contribution is -2.27. The van der Waals surface area contributed by atoms with E-state index in [9.17, 15) is 13.2 Å². The van der Waals surface area contributed by atoms with Gasteiger partial charge in [-0.2, -0.15) is 0 Å². The van der Waals surface area contributed by atoms with Gasteiger partial charge in [0.1, 0.15) is 0 Å². The van der Waals surface area contributed by atoms with E-state index in [1.165, 1.54) is 0 Å². The number of hydrogen-bond acceptors (Lipinski definition) is 6. The van der Waals surface area contributed by atoms with Crippen molar-refractivity contribution < 1.29 is 13.2 Å². The molecule has 2 rings (SSSR count). The molecule has 0 saturated heterocycles. The van der Waals surface area contributed by atoms with Gasteiger partial charge in [-0.25, -0.2) is 13.1 Å². The van der Waals surface area contributed by atoms with E-state index in [1.807, 2.05) is 32.0 Å². The quantitative estimate of drug-likeness (QED) is 0.763. The van der Waals surface area contributed by atoms with Gasteiger partial charge >= 0.3 is 0 Å². The second-order valence-corrected chi connectivity index (χ2v) is 8.34. The number of nitrogens with zero attached hydrogens (tertiary/aromatic N) is 2. The first-order valence-corrected chi connectivity index (χ1v) is 9.75. The Bertz CT molecular complexity index is 846. The molecule has 1 amide bonds. The van der Waals surface area contributed by atoms with Crippen molar-refractivity contribution in [2.24, 2.45) is 0 Å². The maximum atomic E-state index is 12.5. The van der Waals surface area contributed by atoms with E-state index in [-0.39, 0.29) is 21.8 Å². The summed E-state index contributed by atoms with van der Waals surface area (Å²) >= 11 is 0.823. The number of carbonyl (C=O) groups is 1. The summed E-state index contributed by atoms with van der Waals surface area (Å²) in [5.41, 5.74) is 2.97. The molecule has 0 spiro atoms. The molecule has 1 aromatic heterocycles. The topological polar surface area (TPSA) is 101 Å². The SMILES string of the molecule is CCC(=O)Nc1nnc(S(=O)(=O)N[C@@H](C)c2cc(C)ccc2C)s1. The number of benzene rings is 1. The second-order valence-electron chi connectivity index (χ2n) is 5.48. The number of nitrogens with one attached hydrogen (secondary N) is 2. The van der Waals surface area contributed by atoms with E-state index in [0.717, 1.165) is 28.0 Å². The summed E-state index contributed by atoms with van der Waals surface area (Å²) in [6.45, 7) is 7.36. The molecule has 0 bridgehead atoms. The number of hydrogen-bond donors (Lipinski definition) is 2. The molecular formula is C15H20N4O3S2. The van der Waals surface area contributed by atoms with Crippen LogP contribution in [0.3, 0.4) is 0 Å². The van der Waals surface area contributed by atoms with Crippen LogP contribution in [0.1, 0.15) is 43.0 Å². The highest BCUT2D eigenvalue weighted by molar-refractivity contribution is 7.91. The van der Waals surface area contributed by atoms with Crippen LogP contribution in [0, 0.1) is 13.8 Å². The highest BCUT2D eigenvalue weighted by Crippen LogP contribution is 2.24. The van der Waals surface area contributed by atoms with Crippen LogP contribution in [-0.4, -0.2) is 24.5 Å². The molecule has 2 aromatic rings. The third-order valence-corrected chi connectivity index (χ3v) is 6.18. The maximum Gasteiger partial charge on any atom is 0.270 e. The number of rotatable bonds is 6. The van der Waals surface area contributed by atoms with Crippen LogP contribution in [0.25, 0.3) is 0 Å². The molecule has 24 heavy (non-hydrogen) atoms. The summed E-state index contributed by atoms with van der Waals surface area (Å²) in [6, 6.07) is 5.48. The Kier molecular flexibility index (Phi) is 5.68. The van der Waals surface area contributed by atoms with Crippen molar-refractivity contribution in [1.29, 1.82) is 0 Å². The third-order valence-electron chi connectivity index (χ3n) is 3.44. The molecule has 0 aliphatic carbocycles. The molecule has 7 nitrogen and oxygen atoms in total. The van der Waals surface area contributed by atoms with Crippen molar-refractivity contribution in [1.82, 2.24) is 14.9 Å². The van der Waals surface area contributed by atoms with Crippen molar-refractivity contribution in [2.75, 3.05) is 5.32 Å². The van der Waals surface area contributed by atoms with Gasteiger partial charge in [-0.05, 0) is 31.9 Å². The van der Waals surface area contributed by atoms with Crippen LogP contribution in [0.4, 0.5) is 5.13 Å². The normalized spacial score (nSPS) is 12.8. The number of aryl methyl sites for hydroxylation is 2. The van der Waals surface area contributed by atoms with Crippen LogP contribution < -0.4 is 10.0 Å². The first-order valence-electron chi connectivity index (χ1n) is 7.45. The highest BCUT2D eigenvalue weighted by atomic mass is 32.2. The number of carbonyl (C=O) groups excluding carboxylic acids is 1. The molecule has 1 atom stereocenters. The first-order chi connectivity index (χ1) is 11.2. The van der Waals surface area contributed by atoms with Crippen LogP contribution >= 0.6 is 11.3 Å². The van der Waals surface area contributed by atoms with Gasteiger partial charge < -0.3 is 5.32 Å². The van der Waals surface area contributed by atoms with Crippen LogP contribution in [0.5, 0.6) is 0 Å². The molecule has 9 heteroatoms. The van der Waals surface area contributed by atoms with Crippen molar-refractivity contribution in [2.45, 2.75) is 44.5 Å². The number of sulfonamides is 1. The summed E-state index contributed by atoms with van der Waals surface area (Å²) < 4.78 is 27.4. The minimum Gasteiger partial charge on any atom is -0.301 e. The summed E-state index contributed by atoms with van der Waals surface area (Å²) in [4.78, 5) is 11.3. The smallest absolute Gasteiger partial charge is 0.270 e. The molecule has 1 heterocycles. The Labute approximate surface area is 145 Å². The van der Waals surface area contributed by atoms with E-state index >= 15 is 0 Å². The zero-order chi connectivity index (χ0) is 17.9. The standard InChI is InChI=1S/C15H20N4O3S2/c1-5-13(20)16-14-17-18-15(23-14)24(21,22)19-11(4)12-8-9(2)6-7-10(12)3/h6-8,11,19H,5H2,1-4H3,(H,16,17,20)/t11-/m0/s1. The van der Waals surface area contributed by atoms with E-state index in [1.54, 1.807) is 13.8 Å². The Hall–Kier alpha value is -1.84. The van der Waals surface area contributed by atoms with Crippen molar-refractivity contribution in [3.63, 3.8) is 0 Å². The van der Waals surface area contributed by atoms with Gasteiger partial charge in [-0.15, -0.1) is 10.2 Å². The molecule has 0 radical (unpaired) electrons. The highest BCUT2D eigenvalue weighted by Gasteiger charge is 2.24. The molecule has 0 unspecified atom stereocenters. The minimum absolute atomic E-state index is 0.168. The molecule has 130 valence electrons. The minimum atomic E-state index is -3.82. The predicted octanol–water partition coefficient (Wildman–Crippen LogP) is 2.54. The zero-order valence-electron chi connectivity index (χ0n) is 14.0. The second kappa shape index (κ2) is 7.37. The van der Waals surface area contributed by atoms with Gasteiger partial charge in [0.2, 0.25) is 15.4 Å². The Morgan fingerprint density at radius 2 is 2.00 bits per heavy atom. The summed E-state index contributed by atoms with van der Waals surface area (Å²) in [6.07, 6.45) is 0.281. The van der Waals surface area contributed by atoms with E-state index in [4.69, 9.17) is 0 Å². The fourth-order valence-corrected chi connectivity index (χ4v) is 4.30. The van der Waals surface area contributed by atoms with E-state index in [2.05, 4.69) is 20.2 Å². The zero-order valence-corrected chi connectivity index (χ0v) is 15.6. The van der Waals surface area contributed by atoms with Crippen molar-refractivity contribution in [3.05, 3.63) is 34.9 Å². The van der Waals surface area contributed by atoms with Crippen LogP contribution in [-0.2, 0) is 14.8 Å².